The maximum atomic E-state index is 11.3. The summed E-state index contributed by atoms with van der Waals surface area (Å²) in [6, 6.07) is 8.47. The summed E-state index contributed by atoms with van der Waals surface area (Å²) in [6.45, 7) is 1.59. The Morgan fingerprint density at radius 1 is 1.62 bits per heavy atom. The second-order valence-electron chi connectivity index (χ2n) is 3.03. The van der Waals surface area contributed by atoms with Gasteiger partial charge in [-0.15, -0.1) is 6.42 Å². The molecule has 0 spiro atoms. The lowest BCUT2D eigenvalue weighted by atomic mass is 10.2. The fourth-order valence-corrected chi connectivity index (χ4v) is 1.01. The number of benzene rings is 1. The van der Waals surface area contributed by atoms with E-state index in [1.165, 1.54) is 0 Å². The number of carbonyl (C=O) groups excluding carboxylic acids is 1. The maximum absolute atomic E-state index is 11.3. The van der Waals surface area contributed by atoms with Crippen molar-refractivity contribution in [2.24, 2.45) is 0 Å². The minimum atomic E-state index is -0.638. The molecule has 1 rings (SSSR count). The number of carbonyl (C=O) groups is 1. The van der Waals surface area contributed by atoms with Gasteiger partial charge >= 0.3 is 6.09 Å². The average Bonchev–Trinajstić information content (AvgIpc) is 2.28. The van der Waals surface area contributed by atoms with Crippen LogP contribution in [0.4, 0.5) is 10.5 Å². The van der Waals surface area contributed by atoms with Gasteiger partial charge < -0.3 is 4.74 Å². The van der Waals surface area contributed by atoms with Crippen molar-refractivity contribution in [3.05, 3.63) is 29.8 Å². The molecule has 1 unspecified atom stereocenters. The van der Waals surface area contributed by atoms with Crippen LogP contribution in [0.15, 0.2) is 24.3 Å². The van der Waals surface area contributed by atoms with Gasteiger partial charge in [0.2, 0.25) is 0 Å². The molecule has 80 valence electrons. The van der Waals surface area contributed by atoms with E-state index >= 15 is 0 Å². The molecule has 0 saturated heterocycles. The van der Waals surface area contributed by atoms with E-state index in [9.17, 15) is 4.79 Å². The fourth-order valence-electron chi connectivity index (χ4n) is 1.01. The molecule has 0 saturated carbocycles. The van der Waals surface area contributed by atoms with E-state index < -0.39 is 12.2 Å². The van der Waals surface area contributed by atoms with E-state index in [4.69, 9.17) is 16.4 Å². The zero-order valence-electron chi connectivity index (χ0n) is 8.73. The summed E-state index contributed by atoms with van der Waals surface area (Å²) < 4.78 is 4.81. The van der Waals surface area contributed by atoms with E-state index in [1.807, 2.05) is 6.07 Å². The van der Waals surface area contributed by atoms with Crippen LogP contribution in [0.2, 0.25) is 0 Å². The number of rotatable bonds is 2. The summed E-state index contributed by atoms with van der Waals surface area (Å²) in [5.41, 5.74) is 0.955. The van der Waals surface area contributed by atoms with Gasteiger partial charge in [0.1, 0.15) is 0 Å². The van der Waals surface area contributed by atoms with Gasteiger partial charge in [0.25, 0.3) is 0 Å². The molecule has 0 radical (unpaired) electrons. The first kappa shape index (κ1) is 11.6. The number of hydrogen-bond acceptors (Lipinski definition) is 3. The number of nitrogens with one attached hydrogen (secondary N) is 1. The fraction of sp³-hybridized carbons (Fsp3) is 0.167. The van der Waals surface area contributed by atoms with Crippen LogP contribution in [-0.2, 0) is 4.74 Å². The highest BCUT2D eigenvalue weighted by atomic mass is 16.6. The van der Waals surface area contributed by atoms with Gasteiger partial charge in [-0.3, -0.25) is 5.32 Å². The number of amides is 1. The molecule has 4 nitrogen and oxygen atoms in total. The van der Waals surface area contributed by atoms with E-state index in [1.54, 1.807) is 31.2 Å². The Bertz CT molecular complexity index is 469. The summed E-state index contributed by atoms with van der Waals surface area (Å²) in [7, 11) is 0. The van der Waals surface area contributed by atoms with E-state index in [0.29, 0.717) is 11.3 Å². The summed E-state index contributed by atoms with van der Waals surface area (Å²) >= 11 is 0. The highest BCUT2D eigenvalue weighted by molar-refractivity contribution is 5.85. The quantitative estimate of drug-likeness (QED) is 0.767. The third kappa shape index (κ3) is 3.36. The maximum Gasteiger partial charge on any atom is 0.412 e. The zero-order chi connectivity index (χ0) is 12.0. The molecular weight excluding hydrogens is 204 g/mol. The Morgan fingerprint density at radius 3 is 3.00 bits per heavy atom. The molecule has 0 bridgehead atoms. The first-order valence-electron chi connectivity index (χ1n) is 4.59. The third-order valence-electron chi connectivity index (χ3n) is 1.76. The van der Waals surface area contributed by atoms with Crippen LogP contribution in [0, 0.1) is 23.7 Å². The van der Waals surface area contributed by atoms with Crippen LogP contribution in [0.25, 0.3) is 0 Å². The van der Waals surface area contributed by atoms with Crippen LogP contribution in [0.3, 0.4) is 0 Å². The molecule has 1 aromatic rings. The number of ether oxygens (including phenoxy) is 1. The van der Waals surface area contributed by atoms with E-state index in [0.717, 1.165) is 0 Å². The number of terminal acetylenes is 1. The van der Waals surface area contributed by atoms with Crippen LogP contribution in [-0.4, -0.2) is 12.2 Å². The van der Waals surface area contributed by atoms with Crippen molar-refractivity contribution in [1.29, 1.82) is 5.26 Å². The Morgan fingerprint density at radius 2 is 2.38 bits per heavy atom. The van der Waals surface area contributed by atoms with Gasteiger partial charge in [-0.1, -0.05) is 12.0 Å². The Hall–Kier alpha value is -2.46. The SMILES string of the molecule is C#CC(C)OC(=O)Nc1cccc(C#N)c1. The molecule has 0 aliphatic carbocycles. The minimum absolute atomic E-state index is 0.461. The largest absolute Gasteiger partial charge is 0.433 e. The minimum Gasteiger partial charge on any atom is -0.433 e. The molecule has 0 aliphatic rings. The van der Waals surface area contributed by atoms with Crippen molar-refractivity contribution < 1.29 is 9.53 Å². The van der Waals surface area contributed by atoms with Gasteiger partial charge in [-0.2, -0.15) is 5.26 Å². The van der Waals surface area contributed by atoms with Crippen molar-refractivity contribution in [3.8, 4) is 18.4 Å². The van der Waals surface area contributed by atoms with Crippen LogP contribution >= 0.6 is 0 Å². The van der Waals surface area contributed by atoms with Crippen molar-refractivity contribution in [1.82, 2.24) is 0 Å². The number of hydrogen-bond donors (Lipinski definition) is 1. The van der Waals surface area contributed by atoms with Crippen LogP contribution in [0.5, 0.6) is 0 Å². The number of anilines is 1. The number of nitriles is 1. The summed E-state index contributed by atoms with van der Waals surface area (Å²) in [4.78, 5) is 11.3. The average molecular weight is 214 g/mol. The lowest BCUT2D eigenvalue weighted by Gasteiger charge is -2.08. The summed E-state index contributed by atoms with van der Waals surface area (Å²) in [6.07, 6.45) is 3.84. The molecule has 0 fully saturated rings. The molecule has 0 aliphatic heterocycles. The molecule has 16 heavy (non-hydrogen) atoms. The second kappa shape index (κ2) is 5.43. The monoisotopic (exact) mass is 214 g/mol. The molecular formula is C12H10N2O2. The third-order valence-corrected chi connectivity index (χ3v) is 1.76. The predicted octanol–water partition coefficient (Wildman–Crippen LogP) is 2.13. The molecule has 0 aromatic heterocycles. The normalized spacial score (nSPS) is 10.7. The molecule has 0 heterocycles. The van der Waals surface area contributed by atoms with Crippen molar-refractivity contribution in [3.63, 3.8) is 0 Å². The van der Waals surface area contributed by atoms with Crippen molar-refractivity contribution in [2.75, 3.05) is 5.32 Å². The first-order valence-corrected chi connectivity index (χ1v) is 4.59. The van der Waals surface area contributed by atoms with Crippen LogP contribution in [0.1, 0.15) is 12.5 Å². The molecule has 4 heteroatoms. The number of nitrogens with zero attached hydrogens (tertiary/aromatic N) is 1. The Labute approximate surface area is 93.8 Å². The first-order chi connectivity index (χ1) is 7.65. The molecule has 1 atom stereocenters. The highest BCUT2D eigenvalue weighted by Gasteiger charge is 2.06. The van der Waals surface area contributed by atoms with E-state index in [2.05, 4.69) is 11.2 Å². The predicted molar refractivity (Wildman–Crippen MR) is 59.6 cm³/mol. The lowest BCUT2D eigenvalue weighted by Crippen LogP contribution is -2.18. The van der Waals surface area contributed by atoms with Gasteiger partial charge in [0, 0.05) is 5.69 Å². The molecule has 1 amide bonds. The van der Waals surface area contributed by atoms with Crippen molar-refractivity contribution >= 4 is 11.8 Å². The zero-order valence-corrected chi connectivity index (χ0v) is 8.73. The molecule has 1 N–H and O–H groups in total. The molecule has 1 aromatic carbocycles. The van der Waals surface area contributed by atoms with E-state index in [-0.39, 0.29) is 0 Å². The van der Waals surface area contributed by atoms with Gasteiger partial charge in [-0.25, -0.2) is 4.79 Å². The smallest absolute Gasteiger partial charge is 0.412 e. The van der Waals surface area contributed by atoms with Crippen LogP contribution < -0.4 is 5.32 Å². The standard InChI is InChI=1S/C12H10N2O2/c1-3-9(2)16-12(15)14-11-6-4-5-10(7-11)8-13/h1,4-7,9H,2H3,(H,14,15). The lowest BCUT2D eigenvalue weighted by molar-refractivity contribution is 0.145. The Kier molecular flexibility index (Phi) is 3.94. The van der Waals surface area contributed by atoms with Gasteiger partial charge in [-0.05, 0) is 25.1 Å². The van der Waals surface area contributed by atoms with Crippen molar-refractivity contribution in [2.45, 2.75) is 13.0 Å². The van der Waals surface area contributed by atoms with Gasteiger partial charge in [0.15, 0.2) is 6.10 Å². The second-order valence-corrected chi connectivity index (χ2v) is 3.03. The summed E-state index contributed by atoms with van der Waals surface area (Å²) in [5, 5.41) is 11.1. The highest BCUT2D eigenvalue weighted by Crippen LogP contribution is 2.10. The Balaban J connectivity index is 2.64. The van der Waals surface area contributed by atoms with Gasteiger partial charge in [0.05, 0.1) is 11.6 Å². The topological polar surface area (TPSA) is 62.1 Å². The summed E-state index contributed by atoms with van der Waals surface area (Å²) in [5.74, 6) is 2.27.